The highest BCUT2D eigenvalue weighted by Crippen LogP contribution is 2.07. The van der Waals surface area contributed by atoms with Gasteiger partial charge in [0.05, 0.1) is 11.7 Å². The second kappa shape index (κ2) is 5.30. The van der Waals surface area contributed by atoms with Crippen molar-refractivity contribution in [2.75, 3.05) is 7.05 Å². The summed E-state index contributed by atoms with van der Waals surface area (Å²) in [5.41, 5.74) is 0.334. The van der Waals surface area contributed by atoms with Crippen molar-refractivity contribution < 1.29 is 9.59 Å². The number of hydrogen-bond acceptors (Lipinski definition) is 4. The summed E-state index contributed by atoms with van der Waals surface area (Å²) < 4.78 is 1.37. The highest BCUT2D eigenvalue weighted by Gasteiger charge is 2.09. The summed E-state index contributed by atoms with van der Waals surface area (Å²) in [6, 6.07) is 6.24. The first-order chi connectivity index (χ1) is 9.11. The number of carbonyl (C=O) groups is 2. The summed E-state index contributed by atoms with van der Waals surface area (Å²) in [4.78, 5) is 34.2. The SMILES string of the molecule is CNC(=O)NC(=O)Cn1ncc(=O)c2ccccc21. The Morgan fingerprint density at radius 2 is 2.05 bits per heavy atom. The Bertz CT molecular complexity index is 693. The van der Waals surface area contributed by atoms with Crippen molar-refractivity contribution >= 4 is 22.8 Å². The molecule has 0 fully saturated rings. The summed E-state index contributed by atoms with van der Waals surface area (Å²) >= 11 is 0. The number of nitrogens with one attached hydrogen (secondary N) is 2. The third kappa shape index (κ3) is 2.76. The third-order valence-corrected chi connectivity index (χ3v) is 2.54. The molecule has 3 amide bonds. The van der Waals surface area contributed by atoms with Gasteiger partial charge in [-0.2, -0.15) is 5.10 Å². The molecule has 0 bridgehead atoms. The van der Waals surface area contributed by atoms with Crippen LogP contribution in [0.25, 0.3) is 10.9 Å². The van der Waals surface area contributed by atoms with Gasteiger partial charge in [-0.3, -0.25) is 19.6 Å². The number of urea groups is 1. The highest BCUT2D eigenvalue weighted by atomic mass is 16.2. The molecule has 7 heteroatoms. The van der Waals surface area contributed by atoms with Crippen molar-refractivity contribution in [3.63, 3.8) is 0 Å². The lowest BCUT2D eigenvalue weighted by Crippen LogP contribution is -2.39. The summed E-state index contributed by atoms with van der Waals surface area (Å²) in [7, 11) is 1.41. The number of para-hydroxylation sites is 1. The van der Waals surface area contributed by atoms with Gasteiger partial charge in [0.25, 0.3) is 0 Å². The normalized spacial score (nSPS) is 10.2. The lowest BCUT2D eigenvalue weighted by Gasteiger charge is -2.08. The molecular weight excluding hydrogens is 248 g/mol. The first-order valence-electron chi connectivity index (χ1n) is 5.58. The molecule has 1 heterocycles. The van der Waals surface area contributed by atoms with E-state index in [0.29, 0.717) is 10.9 Å². The van der Waals surface area contributed by atoms with Gasteiger partial charge in [0, 0.05) is 12.4 Å². The Hall–Kier alpha value is -2.70. The molecule has 0 saturated carbocycles. The number of fused-ring (bicyclic) bond motifs is 1. The quantitative estimate of drug-likeness (QED) is 0.785. The van der Waals surface area contributed by atoms with E-state index in [-0.39, 0.29) is 12.0 Å². The van der Waals surface area contributed by atoms with Crippen LogP contribution in [-0.4, -0.2) is 28.8 Å². The van der Waals surface area contributed by atoms with E-state index in [0.717, 1.165) is 6.20 Å². The topological polar surface area (TPSA) is 93.1 Å². The lowest BCUT2D eigenvalue weighted by molar-refractivity contribution is -0.120. The van der Waals surface area contributed by atoms with E-state index < -0.39 is 11.9 Å². The van der Waals surface area contributed by atoms with Gasteiger partial charge in [-0.15, -0.1) is 0 Å². The van der Waals surface area contributed by atoms with Crippen molar-refractivity contribution in [3.05, 3.63) is 40.7 Å². The summed E-state index contributed by atoms with van der Waals surface area (Å²) in [5.74, 6) is -0.513. The van der Waals surface area contributed by atoms with E-state index in [1.165, 1.54) is 11.7 Å². The Morgan fingerprint density at radius 3 is 2.79 bits per heavy atom. The summed E-state index contributed by atoms with van der Waals surface area (Å²) in [6.45, 7) is -0.145. The van der Waals surface area contributed by atoms with Gasteiger partial charge in [0.2, 0.25) is 11.3 Å². The van der Waals surface area contributed by atoms with E-state index in [9.17, 15) is 14.4 Å². The molecule has 1 aromatic heterocycles. The fourth-order valence-corrected chi connectivity index (χ4v) is 1.65. The predicted octanol–water partition coefficient (Wildman–Crippen LogP) is -0.148. The van der Waals surface area contributed by atoms with Gasteiger partial charge < -0.3 is 5.32 Å². The molecule has 0 unspecified atom stereocenters. The summed E-state index contributed by atoms with van der Waals surface area (Å²) in [6.07, 6.45) is 1.15. The standard InChI is InChI=1S/C12H12N4O3/c1-13-12(19)15-11(18)7-16-9-5-3-2-4-8(9)10(17)6-14-16/h2-6H,7H2,1H3,(H2,13,15,18,19). The molecule has 0 spiro atoms. The van der Waals surface area contributed by atoms with Crippen molar-refractivity contribution in [3.8, 4) is 0 Å². The molecule has 0 radical (unpaired) electrons. The smallest absolute Gasteiger partial charge is 0.321 e. The van der Waals surface area contributed by atoms with Crippen LogP contribution in [0.15, 0.2) is 35.3 Å². The Kier molecular flexibility index (Phi) is 3.56. The Balaban J connectivity index is 2.31. The van der Waals surface area contributed by atoms with Crippen LogP contribution in [-0.2, 0) is 11.3 Å². The maximum absolute atomic E-state index is 11.6. The molecule has 2 rings (SSSR count). The number of amides is 3. The van der Waals surface area contributed by atoms with Crippen molar-refractivity contribution in [1.29, 1.82) is 0 Å². The highest BCUT2D eigenvalue weighted by molar-refractivity contribution is 5.94. The van der Waals surface area contributed by atoms with E-state index >= 15 is 0 Å². The van der Waals surface area contributed by atoms with Crippen LogP contribution < -0.4 is 16.1 Å². The zero-order chi connectivity index (χ0) is 13.8. The van der Waals surface area contributed by atoms with Crippen molar-refractivity contribution in [2.45, 2.75) is 6.54 Å². The average molecular weight is 260 g/mol. The van der Waals surface area contributed by atoms with Crippen molar-refractivity contribution in [1.82, 2.24) is 20.4 Å². The van der Waals surface area contributed by atoms with Gasteiger partial charge in [0.15, 0.2) is 0 Å². The van der Waals surface area contributed by atoms with E-state index in [1.807, 2.05) is 0 Å². The molecule has 0 aliphatic carbocycles. The minimum atomic E-state index is -0.588. The Morgan fingerprint density at radius 1 is 1.32 bits per heavy atom. The molecule has 0 aliphatic heterocycles. The van der Waals surface area contributed by atoms with Crippen LogP contribution >= 0.6 is 0 Å². The number of carbonyl (C=O) groups excluding carboxylic acids is 2. The largest absolute Gasteiger partial charge is 0.341 e. The fraction of sp³-hybridized carbons (Fsp3) is 0.167. The van der Waals surface area contributed by atoms with E-state index in [1.54, 1.807) is 24.3 Å². The average Bonchev–Trinajstić information content (AvgIpc) is 2.42. The lowest BCUT2D eigenvalue weighted by atomic mass is 10.2. The van der Waals surface area contributed by atoms with Gasteiger partial charge in [-0.25, -0.2) is 4.79 Å². The van der Waals surface area contributed by atoms with Crippen LogP contribution in [0, 0.1) is 0 Å². The number of rotatable bonds is 2. The fourth-order valence-electron chi connectivity index (χ4n) is 1.65. The minimum absolute atomic E-state index is 0.145. The number of aromatic nitrogens is 2. The van der Waals surface area contributed by atoms with E-state index in [2.05, 4.69) is 15.7 Å². The van der Waals surface area contributed by atoms with Gasteiger partial charge in [-0.1, -0.05) is 12.1 Å². The van der Waals surface area contributed by atoms with Gasteiger partial charge in [-0.05, 0) is 12.1 Å². The number of nitrogens with zero attached hydrogens (tertiary/aromatic N) is 2. The number of imide groups is 1. The van der Waals surface area contributed by atoms with Crippen LogP contribution in [0.2, 0.25) is 0 Å². The number of hydrogen-bond donors (Lipinski definition) is 2. The molecule has 0 atom stereocenters. The van der Waals surface area contributed by atoms with E-state index in [4.69, 9.17) is 0 Å². The van der Waals surface area contributed by atoms with Crippen LogP contribution in [0.1, 0.15) is 0 Å². The maximum atomic E-state index is 11.6. The zero-order valence-corrected chi connectivity index (χ0v) is 10.2. The molecule has 2 aromatic rings. The monoisotopic (exact) mass is 260 g/mol. The molecule has 19 heavy (non-hydrogen) atoms. The molecule has 0 aliphatic rings. The maximum Gasteiger partial charge on any atom is 0.321 e. The molecule has 0 saturated heterocycles. The minimum Gasteiger partial charge on any atom is -0.341 e. The zero-order valence-electron chi connectivity index (χ0n) is 10.2. The van der Waals surface area contributed by atoms with Crippen LogP contribution in [0.3, 0.4) is 0 Å². The molecular formula is C12H12N4O3. The third-order valence-electron chi connectivity index (χ3n) is 2.54. The molecule has 98 valence electrons. The van der Waals surface area contributed by atoms with Crippen LogP contribution in [0.5, 0.6) is 0 Å². The molecule has 2 N–H and O–H groups in total. The Labute approximate surface area is 108 Å². The first kappa shape index (κ1) is 12.7. The van der Waals surface area contributed by atoms with Gasteiger partial charge >= 0.3 is 6.03 Å². The van der Waals surface area contributed by atoms with Crippen LogP contribution in [0.4, 0.5) is 4.79 Å². The first-order valence-corrected chi connectivity index (χ1v) is 5.58. The second-order valence-electron chi connectivity index (χ2n) is 3.81. The molecule has 1 aromatic carbocycles. The predicted molar refractivity (Wildman–Crippen MR) is 68.6 cm³/mol. The van der Waals surface area contributed by atoms with Gasteiger partial charge in [0.1, 0.15) is 6.54 Å². The second-order valence-corrected chi connectivity index (χ2v) is 3.81. The summed E-state index contributed by atoms with van der Waals surface area (Å²) in [5, 5.41) is 8.78. The van der Waals surface area contributed by atoms with Crippen molar-refractivity contribution in [2.24, 2.45) is 0 Å². The molecule has 7 nitrogen and oxygen atoms in total. The number of benzene rings is 1.